The summed E-state index contributed by atoms with van der Waals surface area (Å²) in [6.07, 6.45) is 5.45. The van der Waals surface area contributed by atoms with Gasteiger partial charge in [0.2, 0.25) is 0 Å². The molecule has 1 saturated heterocycles. The molecular formula is C15H24N4O. The molecule has 20 heavy (non-hydrogen) atoms. The molecule has 0 unspecified atom stereocenters. The number of likely N-dealkylation sites (tertiary alicyclic amines) is 1. The number of carbonyl (C=O) groups is 1. The molecule has 1 fully saturated rings. The van der Waals surface area contributed by atoms with E-state index in [2.05, 4.69) is 22.2 Å². The van der Waals surface area contributed by atoms with Crippen molar-refractivity contribution in [2.24, 2.45) is 0 Å². The van der Waals surface area contributed by atoms with Crippen LogP contribution in [0.2, 0.25) is 0 Å². The van der Waals surface area contributed by atoms with E-state index < -0.39 is 0 Å². The number of amides is 1. The third kappa shape index (κ3) is 3.28. The molecule has 5 heteroatoms. The zero-order chi connectivity index (χ0) is 14.5. The maximum atomic E-state index is 12.7. The molecule has 1 aromatic rings. The minimum atomic E-state index is 0.0589. The van der Waals surface area contributed by atoms with E-state index in [4.69, 9.17) is 0 Å². The van der Waals surface area contributed by atoms with Crippen molar-refractivity contribution in [3.63, 3.8) is 0 Å². The highest BCUT2D eigenvalue weighted by molar-refractivity contribution is 5.99. The van der Waals surface area contributed by atoms with Crippen LogP contribution in [0.3, 0.4) is 0 Å². The van der Waals surface area contributed by atoms with E-state index in [1.165, 1.54) is 0 Å². The Balaban J connectivity index is 2.10. The molecule has 1 N–H and O–H groups in total. The highest BCUT2D eigenvalue weighted by Crippen LogP contribution is 2.20. The van der Waals surface area contributed by atoms with Gasteiger partial charge in [-0.05, 0) is 46.0 Å². The van der Waals surface area contributed by atoms with Crippen molar-refractivity contribution in [3.8, 4) is 0 Å². The third-order valence-electron chi connectivity index (χ3n) is 3.97. The monoisotopic (exact) mass is 276 g/mol. The van der Waals surface area contributed by atoms with Crippen LogP contribution < -0.4 is 5.32 Å². The summed E-state index contributed by atoms with van der Waals surface area (Å²) >= 11 is 0. The van der Waals surface area contributed by atoms with Gasteiger partial charge >= 0.3 is 0 Å². The summed E-state index contributed by atoms with van der Waals surface area (Å²) in [7, 11) is 4.03. The summed E-state index contributed by atoms with van der Waals surface area (Å²) in [5.74, 6) is 0.0589. The first-order valence-electron chi connectivity index (χ1n) is 7.27. The second kappa shape index (κ2) is 6.70. The van der Waals surface area contributed by atoms with Crippen molar-refractivity contribution in [1.82, 2.24) is 14.8 Å². The molecule has 110 valence electrons. The zero-order valence-corrected chi connectivity index (χ0v) is 12.6. The number of piperidine rings is 1. The fourth-order valence-electron chi connectivity index (χ4n) is 2.65. The van der Waals surface area contributed by atoms with E-state index in [1.54, 1.807) is 12.4 Å². The summed E-state index contributed by atoms with van der Waals surface area (Å²) in [5, 5.41) is 3.23. The topological polar surface area (TPSA) is 48.5 Å². The van der Waals surface area contributed by atoms with Crippen molar-refractivity contribution < 1.29 is 4.79 Å². The molecule has 0 saturated carbocycles. The summed E-state index contributed by atoms with van der Waals surface area (Å²) < 4.78 is 0. The number of rotatable bonds is 4. The van der Waals surface area contributed by atoms with E-state index in [0.29, 0.717) is 11.6 Å². The largest absolute Gasteiger partial charge is 0.385 e. The molecule has 2 heterocycles. The van der Waals surface area contributed by atoms with Gasteiger partial charge in [0, 0.05) is 32.0 Å². The molecule has 1 aliphatic heterocycles. The van der Waals surface area contributed by atoms with E-state index in [0.717, 1.165) is 38.2 Å². The SMILES string of the molecule is CCNc1ccncc1C(=O)N(C)C1CCN(C)CC1. The quantitative estimate of drug-likeness (QED) is 0.909. The molecule has 2 rings (SSSR count). The third-order valence-corrected chi connectivity index (χ3v) is 3.97. The minimum absolute atomic E-state index is 0.0589. The number of hydrogen-bond acceptors (Lipinski definition) is 4. The second-order valence-corrected chi connectivity index (χ2v) is 5.40. The standard InChI is InChI=1S/C15H24N4O/c1-4-17-14-5-8-16-11-13(14)15(20)19(3)12-6-9-18(2)10-7-12/h5,8,11-12H,4,6-7,9-10H2,1-3H3,(H,16,17). The van der Waals surface area contributed by atoms with Gasteiger partial charge in [0.15, 0.2) is 0 Å². The van der Waals surface area contributed by atoms with Crippen LogP contribution in [0.15, 0.2) is 18.5 Å². The molecule has 0 spiro atoms. The molecule has 0 aliphatic carbocycles. The van der Waals surface area contributed by atoms with Gasteiger partial charge in [-0.3, -0.25) is 9.78 Å². The Labute approximate surface area is 121 Å². The van der Waals surface area contributed by atoms with Gasteiger partial charge in [-0.15, -0.1) is 0 Å². The number of pyridine rings is 1. The average Bonchev–Trinajstić information content (AvgIpc) is 2.47. The van der Waals surface area contributed by atoms with Crippen LogP contribution in [0, 0.1) is 0 Å². The van der Waals surface area contributed by atoms with Crippen molar-refractivity contribution in [3.05, 3.63) is 24.0 Å². The van der Waals surface area contributed by atoms with Gasteiger partial charge in [0.05, 0.1) is 11.3 Å². The van der Waals surface area contributed by atoms with Gasteiger partial charge in [-0.2, -0.15) is 0 Å². The highest BCUT2D eigenvalue weighted by Gasteiger charge is 2.25. The molecule has 1 aliphatic rings. The number of anilines is 1. The number of aromatic nitrogens is 1. The molecule has 0 bridgehead atoms. The molecule has 1 aromatic heterocycles. The predicted octanol–water partition coefficient (Wildman–Crippen LogP) is 1.68. The van der Waals surface area contributed by atoms with Crippen LogP contribution in [0.4, 0.5) is 5.69 Å². The smallest absolute Gasteiger partial charge is 0.257 e. The fourth-order valence-corrected chi connectivity index (χ4v) is 2.65. The number of nitrogens with zero attached hydrogens (tertiary/aromatic N) is 3. The summed E-state index contributed by atoms with van der Waals surface area (Å²) in [5.41, 5.74) is 1.53. The Morgan fingerprint density at radius 3 is 2.85 bits per heavy atom. The number of carbonyl (C=O) groups excluding carboxylic acids is 1. The first-order valence-corrected chi connectivity index (χ1v) is 7.27. The van der Waals surface area contributed by atoms with Gasteiger partial charge in [0.25, 0.3) is 5.91 Å². The van der Waals surface area contributed by atoms with Crippen molar-refractivity contribution in [2.75, 3.05) is 39.0 Å². The molecule has 0 atom stereocenters. The second-order valence-electron chi connectivity index (χ2n) is 5.40. The van der Waals surface area contributed by atoms with Gasteiger partial charge < -0.3 is 15.1 Å². The Bertz CT molecular complexity index is 455. The van der Waals surface area contributed by atoms with Crippen molar-refractivity contribution >= 4 is 11.6 Å². The average molecular weight is 276 g/mol. The summed E-state index contributed by atoms with van der Waals surface area (Å²) in [6, 6.07) is 2.19. The van der Waals surface area contributed by atoms with Crippen LogP contribution >= 0.6 is 0 Å². The highest BCUT2D eigenvalue weighted by atomic mass is 16.2. The van der Waals surface area contributed by atoms with Crippen LogP contribution in [-0.4, -0.2) is 60.5 Å². The summed E-state index contributed by atoms with van der Waals surface area (Å²) in [6.45, 7) is 4.92. The van der Waals surface area contributed by atoms with Gasteiger partial charge in [-0.1, -0.05) is 0 Å². The maximum absolute atomic E-state index is 12.7. The van der Waals surface area contributed by atoms with Crippen LogP contribution in [0.25, 0.3) is 0 Å². The predicted molar refractivity (Wildman–Crippen MR) is 81.0 cm³/mol. The van der Waals surface area contributed by atoms with E-state index in [-0.39, 0.29) is 5.91 Å². The van der Waals surface area contributed by atoms with Crippen molar-refractivity contribution in [1.29, 1.82) is 0 Å². The molecule has 1 amide bonds. The normalized spacial score (nSPS) is 16.9. The first-order chi connectivity index (χ1) is 9.63. The minimum Gasteiger partial charge on any atom is -0.385 e. The number of hydrogen-bond donors (Lipinski definition) is 1. The van der Waals surface area contributed by atoms with E-state index >= 15 is 0 Å². The lowest BCUT2D eigenvalue weighted by Gasteiger charge is -2.35. The maximum Gasteiger partial charge on any atom is 0.257 e. The molecule has 0 aromatic carbocycles. The van der Waals surface area contributed by atoms with Crippen LogP contribution in [0.1, 0.15) is 30.1 Å². The van der Waals surface area contributed by atoms with E-state index in [1.807, 2.05) is 24.9 Å². The Kier molecular flexibility index (Phi) is 4.95. The lowest BCUT2D eigenvalue weighted by atomic mass is 10.0. The number of nitrogens with one attached hydrogen (secondary N) is 1. The lowest BCUT2D eigenvalue weighted by Crippen LogP contribution is -2.44. The van der Waals surface area contributed by atoms with Crippen molar-refractivity contribution in [2.45, 2.75) is 25.8 Å². The molecule has 0 radical (unpaired) electrons. The van der Waals surface area contributed by atoms with Gasteiger partial charge in [0.1, 0.15) is 0 Å². The van der Waals surface area contributed by atoms with Crippen LogP contribution in [0.5, 0.6) is 0 Å². The Morgan fingerprint density at radius 1 is 1.50 bits per heavy atom. The lowest BCUT2D eigenvalue weighted by molar-refractivity contribution is 0.0660. The first kappa shape index (κ1) is 14.8. The fraction of sp³-hybridized carbons (Fsp3) is 0.600. The molecular weight excluding hydrogens is 252 g/mol. The summed E-state index contributed by atoms with van der Waals surface area (Å²) in [4.78, 5) is 20.9. The van der Waals surface area contributed by atoms with Gasteiger partial charge in [-0.25, -0.2) is 0 Å². The van der Waals surface area contributed by atoms with Crippen LogP contribution in [-0.2, 0) is 0 Å². The van der Waals surface area contributed by atoms with E-state index in [9.17, 15) is 4.79 Å². The Hall–Kier alpha value is -1.62. The Morgan fingerprint density at radius 2 is 2.20 bits per heavy atom. The molecule has 5 nitrogen and oxygen atoms in total. The zero-order valence-electron chi connectivity index (χ0n) is 12.6.